The summed E-state index contributed by atoms with van der Waals surface area (Å²) >= 11 is -1.11. The van der Waals surface area contributed by atoms with Crippen LogP contribution in [0.15, 0.2) is 0 Å². The van der Waals surface area contributed by atoms with Crippen molar-refractivity contribution < 1.29 is 61.5 Å². The van der Waals surface area contributed by atoms with Crippen LogP contribution < -0.4 is 29.6 Å². The molecular formula is C6H14NaO7Sb+. The van der Waals surface area contributed by atoms with E-state index < -0.39 is 53.5 Å². The minimum Gasteiger partial charge on any atom is 1.00 e. The Balaban J connectivity index is 0. The second kappa shape index (κ2) is 9.56. The quantitative estimate of drug-likeness (QED) is 0.376. The molecule has 1 aliphatic heterocycles. The molecule has 4 atom stereocenters. The van der Waals surface area contributed by atoms with E-state index in [0.29, 0.717) is 0 Å². The first-order valence-corrected chi connectivity index (χ1v) is 5.88. The molecule has 0 aromatic heterocycles. The summed E-state index contributed by atoms with van der Waals surface area (Å²) < 4.78 is 10.0. The minimum atomic E-state index is -1.40. The Kier molecular flexibility index (Phi) is 12.0. The Morgan fingerprint density at radius 1 is 1.33 bits per heavy atom. The fraction of sp³-hybridized carbons (Fsp3) is 1.00. The van der Waals surface area contributed by atoms with Gasteiger partial charge in [-0.1, -0.05) is 0 Å². The zero-order valence-electron chi connectivity index (χ0n) is 8.28. The van der Waals surface area contributed by atoms with Crippen molar-refractivity contribution in [3.63, 3.8) is 0 Å². The van der Waals surface area contributed by atoms with Gasteiger partial charge in [0.25, 0.3) is 0 Å². The van der Waals surface area contributed by atoms with Crippen molar-refractivity contribution in [1.29, 1.82) is 0 Å². The summed E-state index contributed by atoms with van der Waals surface area (Å²) in [6.45, 7) is -0.349. The third kappa shape index (κ3) is 5.61. The molecule has 1 rings (SSSR count). The molecular weight excluding hydrogens is 329 g/mol. The van der Waals surface area contributed by atoms with E-state index in [0.717, 1.165) is 0 Å². The molecule has 6 N–H and O–H groups in total. The average molecular weight is 343 g/mol. The molecule has 1 heterocycles. The van der Waals surface area contributed by atoms with Crippen LogP contribution in [0.1, 0.15) is 0 Å². The SMILES string of the molecule is O.OCC(O)C(O)C(O)C1C[O][Sb][O]1.[Na+]. The van der Waals surface area contributed by atoms with Crippen molar-refractivity contribution in [2.24, 2.45) is 0 Å². The molecule has 7 nitrogen and oxygen atoms in total. The van der Waals surface area contributed by atoms with Crippen LogP contribution in [-0.4, -0.2) is 86.0 Å². The van der Waals surface area contributed by atoms with Gasteiger partial charge in [0.1, 0.15) is 0 Å². The van der Waals surface area contributed by atoms with Crippen molar-refractivity contribution in [1.82, 2.24) is 0 Å². The Labute approximate surface area is 121 Å². The van der Waals surface area contributed by atoms with Crippen LogP contribution in [0.5, 0.6) is 0 Å². The average Bonchev–Trinajstić information content (AvgIpc) is 2.67. The van der Waals surface area contributed by atoms with E-state index in [1.54, 1.807) is 0 Å². The molecule has 15 heavy (non-hydrogen) atoms. The van der Waals surface area contributed by atoms with Crippen molar-refractivity contribution in [3.05, 3.63) is 0 Å². The maximum atomic E-state index is 9.42. The predicted molar refractivity (Wildman–Crippen MR) is 45.3 cm³/mol. The summed E-state index contributed by atoms with van der Waals surface area (Å²) in [6.07, 6.45) is -4.52. The molecule has 9 heteroatoms. The van der Waals surface area contributed by atoms with Gasteiger partial charge < -0.3 is 5.48 Å². The monoisotopic (exact) mass is 342 g/mol. The summed E-state index contributed by atoms with van der Waals surface area (Å²) in [5, 5.41) is 36.2. The summed E-state index contributed by atoms with van der Waals surface area (Å²) in [7, 11) is 0. The Hall–Kier alpha value is 1.54. The summed E-state index contributed by atoms with van der Waals surface area (Å²) in [5.74, 6) is 0. The molecule has 1 aliphatic rings. The van der Waals surface area contributed by atoms with E-state index in [1.165, 1.54) is 0 Å². The Morgan fingerprint density at radius 2 is 1.93 bits per heavy atom. The van der Waals surface area contributed by atoms with Gasteiger partial charge in [0, 0.05) is 0 Å². The van der Waals surface area contributed by atoms with Crippen molar-refractivity contribution in [2.45, 2.75) is 24.4 Å². The minimum absolute atomic E-state index is 0. The second-order valence-electron chi connectivity index (χ2n) is 2.75. The molecule has 1 radical (unpaired) electrons. The smallest absolute Gasteiger partial charge is 1.00 e. The summed E-state index contributed by atoms with van der Waals surface area (Å²) in [6, 6.07) is 0. The molecule has 0 bridgehead atoms. The normalized spacial score (nSPS) is 26.0. The van der Waals surface area contributed by atoms with Gasteiger partial charge in [0.05, 0.1) is 0 Å². The van der Waals surface area contributed by atoms with Gasteiger partial charge in [0.2, 0.25) is 0 Å². The van der Waals surface area contributed by atoms with E-state index in [1.807, 2.05) is 0 Å². The third-order valence-electron chi connectivity index (χ3n) is 1.78. The van der Waals surface area contributed by atoms with Crippen LogP contribution in [0.25, 0.3) is 0 Å². The van der Waals surface area contributed by atoms with Crippen LogP contribution in [0, 0.1) is 0 Å². The van der Waals surface area contributed by atoms with Crippen molar-refractivity contribution in [3.8, 4) is 0 Å². The summed E-state index contributed by atoms with van der Waals surface area (Å²) in [5.41, 5.74) is 0. The molecule has 1 saturated heterocycles. The standard InChI is InChI=1S/C6H12O6.Na.H2O.Sb/c7-1-3(9)5(11)6(12)4(10)2-8;;;/h3-7,9,11-12H,1-2H2;;1H2;/q-2;+1;;+2. The molecule has 1 fully saturated rings. The first-order valence-electron chi connectivity index (χ1n) is 3.80. The van der Waals surface area contributed by atoms with Gasteiger partial charge >= 0.3 is 116 Å². The van der Waals surface area contributed by atoms with Crippen molar-refractivity contribution >= 4 is 22.5 Å². The molecule has 0 amide bonds. The van der Waals surface area contributed by atoms with Gasteiger partial charge in [-0.2, -0.15) is 0 Å². The van der Waals surface area contributed by atoms with Crippen LogP contribution >= 0.6 is 0 Å². The number of hydrogen-bond acceptors (Lipinski definition) is 6. The third-order valence-corrected chi connectivity index (χ3v) is 3.53. The number of rotatable bonds is 4. The van der Waals surface area contributed by atoms with Crippen LogP contribution in [0.2, 0.25) is 0 Å². The Bertz CT molecular complexity index is 156. The fourth-order valence-electron chi connectivity index (χ4n) is 0.936. The number of aliphatic hydroxyl groups is 4. The van der Waals surface area contributed by atoms with Gasteiger partial charge in [-0.3, -0.25) is 0 Å². The first kappa shape index (κ1) is 18.9. The largest absolute Gasteiger partial charge is 1.00 e. The van der Waals surface area contributed by atoms with E-state index in [2.05, 4.69) is 0 Å². The number of hydrogen-bond donors (Lipinski definition) is 4. The van der Waals surface area contributed by atoms with Crippen LogP contribution in [0.3, 0.4) is 0 Å². The maximum Gasteiger partial charge on any atom is 1.00 e. The predicted octanol–water partition coefficient (Wildman–Crippen LogP) is -6.81. The second-order valence-corrected chi connectivity index (χ2v) is 4.51. The van der Waals surface area contributed by atoms with Crippen molar-refractivity contribution in [2.75, 3.05) is 13.2 Å². The van der Waals surface area contributed by atoms with Gasteiger partial charge in [-0.05, 0) is 0 Å². The first-order chi connectivity index (χ1) is 6.16. The molecule has 85 valence electrons. The zero-order valence-corrected chi connectivity index (χ0v) is 12.8. The van der Waals surface area contributed by atoms with E-state index in [-0.39, 0.29) is 41.6 Å². The molecule has 0 aromatic carbocycles. The molecule has 0 aliphatic carbocycles. The molecule has 4 unspecified atom stereocenters. The summed E-state index contributed by atoms with van der Waals surface area (Å²) in [4.78, 5) is 0. The topological polar surface area (TPSA) is 131 Å². The zero-order chi connectivity index (χ0) is 9.84. The number of aliphatic hydroxyl groups excluding tert-OH is 4. The molecule has 0 spiro atoms. The van der Waals surface area contributed by atoms with E-state index in [4.69, 9.17) is 16.2 Å². The van der Waals surface area contributed by atoms with Gasteiger partial charge in [-0.15, -0.1) is 0 Å². The van der Waals surface area contributed by atoms with Gasteiger partial charge in [0.15, 0.2) is 0 Å². The van der Waals surface area contributed by atoms with E-state index in [9.17, 15) is 10.2 Å². The maximum absolute atomic E-state index is 9.42. The van der Waals surface area contributed by atoms with Gasteiger partial charge in [-0.25, -0.2) is 0 Å². The Morgan fingerprint density at radius 3 is 2.33 bits per heavy atom. The fourth-order valence-corrected chi connectivity index (χ4v) is 2.55. The van der Waals surface area contributed by atoms with E-state index >= 15 is 0 Å². The van der Waals surface area contributed by atoms with Crippen LogP contribution in [-0.2, 0) is 6.03 Å². The molecule has 0 aromatic rings. The molecule has 0 saturated carbocycles. The van der Waals surface area contributed by atoms with Crippen LogP contribution in [0.4, 0.5) is 0 Å².